The van der Waals surface area contributed by atoms with Gasteiger partial charge in [-0.25, -0.2) is 4.39 Å². The molecule has 0 aliphatic heterocycles. The third-order valence-corrected chi connectivity index (χ3v) is 2.38. The average Bonchev–Trinajstić information content (AvgIpc) is 2.17. The van der Waals surface area contributed by atoms with Crippen LogP contribution in [0.5, 0.6) is 0 Å². The van der Waals surface area contributed by atoms with Crippen LogP contribution in [0, 0.1) is 17.1 Å². The summed E-state index contributed by atoms with van der Waals surface area (Å²) in [5, 5.41) is 9.10. The van der Waals surface area contributed by atoms with Crippen molar-refractivity contribution in [2.45, 2.75) is 12.5 Å². The number of halogens is 2. The zero-order valence-corrected chi connectivity index (χ0v) is 8.60. The molecule has 1 aromatic rings. The Balaban J connectivity index is 3.26. The molecule has 1 aromatic carbocycles. The minimum Gasteiger partial charge on any atom is -0.359 e. The zero-order valence-electron chi connectivity index (χ0n) is 7.84. The number of nitrogens with zero attached hydrogens (tertiary/aromatic N) is 1. The summed E-state index contributed by atoms with van der Waals surface area (Å²) in [6.45, 7) is 1.58. The van der Waals surface area contributed by atoms with Gasteiger partial charge in [0.15, 0.2) is 5.60 Å². The molecule has 0 aliphatic rings. The second-order valence-corrected chi connectivity index (χ2v) is 3.38. The largest absolute Gasteiger partial charge is 0.359 e. The summed E-state index contributed by atoms with van der Waals surface area (Å²) in [6.07, 6.45) is 0. The fourth-order valence-corrected chi connectivity index (χ4v) is 1.44. The van der Waals surface area contributed by atoms with Crippen molar-refractivity contribution >= 4 is 11.6 Å². The molecular formula is C10H9ClFNO. The molecule has 0 spiro atoms. The molecule has 14 heavy (non-hydrogen) atoms. The maximum atomic E-state index is 12.7. The molecule has 0 aromatic heterocycles. The van der Waals surface area contributed by atoms with Gasteiger partial charge in [0, 0.05) is 12.7 Å². The van der Waals surface area contributed by atoms with Crippen LogP contribution in [0.3, 0.4) is 0 Å². The molecular weight excluding hydrogens is 205 g/mol. The second-order valence-electron chi connectivity index (χ2n) is 2.97. The average molecular weight is 214 g/mol. The fourth-order valence-electron chi connectivity index (χ4n) is 1.09. The first kappa shape index (κ1) is 11.0. The van der Waals surface area contributed by atoms with Crippen molar-refractivity contribution in [3.8, 4) is 6.07 Å². The highest BCUT2D eigenvalue weighted by atomic mass is 35.5. The summed E-state index contributed by atoms with van der Waals surface area (Å²) >= 11 is 5.80. The number of hydrogen-bond donors (Lipinski definition) is 0. The van der Waals surface area contributed by atoms with E-state index in [2.05, 4.69) is 0 Å². The molecule has 1 rings (SSSR count). The first-order valence-corrected chi connectivity index (χ1v) is 4.33. The molecule has 0 aliphatic carbocycles. The van der Waals surface area contributed by atoms with E-state index in [9.17, 15) is 4.39 Å². The Hall–Kier alpha value is -1.11. The monoisotopic (exact) mass is 213 g/mol. The number of nitriles is 1. The van der Waals surface area contributed by atoms with Crippen LogP contribution in [0.25, 0.3) is 0 Å². The van der Waals surface area contributed by atoms with E-state index in [0.29, 0.717) is 5.56 Å². The lowest BCUT2D eigenvalue weighted by molar-refractivity contribution is 0.0532. The van der Waals surface area contributed by atoms with Crippen molar-refractivity contribution in [2.24, 2.45) is 0 Å². The Bertz CT molecular complexity index is 388. The fraction of sp³-hybridized carbons (Fsp3) is 0.300. The number of rotatable bonds is 2. The summed E-state index contributed by atoms with van der Waals surface area (Å²) in [7, 11) is 1.41. The van der Waals surface area contributed by atoms with Crippen LogP contribution in [0.4, 0.5) is 4.39 Å². The molecule has 0 bridgehead atoms. The van der Waals surface area contributed by atoms with E-state index in [-0.39, 0.29) is 5.02 Å². The quantitative estimate of drug-likeness (QED) is 0.757. The van der Waals surface area contributed by atoms with Crippen molar-refractivity contribution in [2.75, 3.05) is 7.11 Å². The maximum Gasteiger partial charge on any atom is 0.177 e. The Labute approximate surface area is 86.9 Å². The molecule has 0 saturated heterocycles. The van der Waals surface area contributed by atoms with Gasteiger partial charge in [0.25, 0.3) is 0 Å². The van der Waals surface area contributed by atoms with Gasteiger partial charge in [0.2, 0.25) is 0 Å². The topological polar surface area (TPSA) is 33.0 Å². The highest BCUT2D eigenvalue weighted by Gasteiger charge is 2.28. The summed E-state index contributed by atoms with van der Waals surface area (Å²) in [6, 6.07) is 5.83. The van der Waals surface area contributed by atoms with E-state index in [0.717, 1.165) is 6.07 Å². The molecule has 2 nitrogen and oxygen atoms in total. The van der Waals surface area contributed by atoms with Crippen LogP contribution in [0.1, 0.15) is 12.5 Å². The van der Waals surface area contributed by atoms with Crippen molar-refractivity contribution in [1.29, 1.82) is 5.26 Å². The number of benzene rings is 1. The van der Waals surface area contributed by atoms with Crippen molar-refractivity contribution < 1.29 is 9.13 Å². The third-order valence-electron chi connectivity index (χ3n) is 2.07. The van der Waals surface area contributed by atoms with E-state index in [4.69, 9.17) is 21.6 Å². The maximum absolute atomic E-state index is 12.7. The van der Waals surface area contributed by atoms with Gasteiger partial charge in [-0.3, -0.25) is 0 Å². The smallest absolute Gasteiger partial charge is 0.177 e. The Morgan fingerprint density at radius 2 is 2.21 bits per heavy atom. The SMILES string of the molecule is COC(C)(C#N)c1ccc(F)cc1Cl. The van der Waals surface area contributed by atoms with Gasteiger partial charge in [0.05, 0.1) is 5.02 Å². The second kappa shape index (κ2) is 3.95. The Morgan fingerprint density at radius 1 is 1.57 bits per heavy atom. The van der Waals surface area contributed by atoms with Gasteiger partial charge in [-0.2, -0.15) is 5.26 Å². The molecule has 0 radical (unpaired) electrons. The van der Waals surface area contributed by atoms with Gasteiger partial charge in [-0.15, -0.1) is 0 Å². The van der Waals surface area contributed by atoms with E-state index in [1.807, 2.05) is 6.07 Å². The zero-order chi connectivity index (χ0) is 10.8. The first-order chi connectivity index (χ1) is 6.53. The standard InChI is InChI=1S/C10H9ClFNO/c1-10(6-13,14-2)8-4-3-7(12)5-9(8)11/h3-5H,1-2H3. The third kappa shape index (κ3) is 1.87. The number of methoxy groups -OCH3 is 1. The number of hydrogen-bond acceptors (Lipinski definition) is 2. The molecule has 0 N–H and O–H groups in total. The van der Waals surface area contributed by atoms with E-state index in [1.165, 1.54) is 19.2 Å². The normalized spacial score (nSPS) is 14.5. The van der Waals surface area contributed by atoms with Gasteiger partial charge in [-0.1, -0.05) is 17.7 Å². The summed E-state index contributed by atoms with van der Waals surface area (Å²) < 4.78 is 17.8. The molecule has 1 unspecified atom stereocenters. The molecule has 0 heterocycles. The van der Waals surface area contributed by atoms with Crippen molar-refractivity contribution in [1.82, 2.24) is 0 Å². The predicted octanol–water partition coefficient (Wildman–Crippen LogP) is 2.86. The highest BCUT2D eigenvalue weighted by Crippen LogP contribution is 2.30. The molecule has 1 atom stereocenters. The van der Waals surface area contributed by atoms with Crippen LogP contribution >= 0.6 is 11.6 Å². The molecule has 4 heteroatoms. The molecule has 0 amide bonds. The summed E-state index contributed by atoms with van der Waals surface area (Å²) in [4.78, 5) is 0. The molecule has 0 saturated carbocycles. The van der Waals surface area contributed by atoms with Crippen LogP contribution in [0.2, 0.25) is 5.02 Å². The Morgan fingerprint density at radius 3 is 2.64 bits per heavy atom. The summed E-state index contributed by atoms with van der Waals surface area (Å²) in [5.74, 6) is -0.435. The van der Waals surface area contributed by atoms with Gasteiger partial charge in [-0.05, 0) is 19.1 Å². The highest BCUT2D eigenvalue weighted by molar-refractivity contribution is 6.31. The molecule has 0 fully saturated rings. The van der Waals surface area contributed by atoms with Crippen LogP contribution in [-0.4, -0.2) is 7.11 Å². The van der Waals surface area contributed by atoms with E-state index >= 15 is 0 Å². The predicted molar refractivity (Wildman–Crippen MR) is 51.4 cm³/mol. The summed E-state index contributed by atoms with van der Waals surface area (Å²) in [5.41, 5.74) is -0.671. The minimum absolute atomic E-state index is 0.191. The van der Waals surface area contributed by atoms with Crippen LogP contribution in [-0.2, 0) is 10.3 Å². The van der Waals surface area contributed by atoms with Crippen LogP contribution < -0.4 is 0 Å². The van der Waals surface area contributed by atoms with E-state index < -0.39 is 11.4 Å². The number of ether oxygens (including phenoxy) is 1. The van der Waals surface area contributed by atoms with Gasteiger partial charge >= 0.3 is 0 Å². The van der Waals surface area contributed by atoms with E-state index in [1.54, 1.807) is 6.92 Å². The lowest BCUT2D eigenvalue weighted by Crippen LogP contribution is -2.22. The Kier molecular flexibility index (Phi) is 3.10. The minimum atomic E-state index is -1.13. The molecule has 74 valence electrons. The lowest BCUT2D eigenvalue weighted by Gasteiger charge is -2.21. The van der Waals surface area contributed by atoms with Crippen molar-refractivity contribution in [3.63, 3.8) is 0 Å². The van der Waals surface area contributed by atoms with Crippen LogP contribution in [0.15, 0.2) is 18.2 Å². The van der Waals surface area contributed by atoms with Crippen molar-refractivity contribution in [3.05, 3.63) is 34.6 Å². The van der Waals surface area contributed by atoms with Gasteiger partial charge < -0.3 is 4.74 Å². The lowest BCUT2D eigenvalue weighted by atomic mass is 9.97. The van der Waals surface area contributed by atoms with Gasteiger partial charge in [0.1, 0.15) is 11.9 Å². The first-order valence-electron chi connectivity index (χ1n) is 3.95.